The molecular formula is C19H34N2O2. The van der Waals surface area contributed by atoms with Crippen molar-refractivity contribution in [1.29, 1.82) is 0 Å². The van der Waals surface area contributed by atoms with Crippen LogP contribution >= 0.6 is 0 Å². The highest BCUT2D eigenvalue weighted by atomic mass is 16.5. The van der Waals surface area contributed by atoms with E-state index in [4.69, 9.17) is 4.74 Å². The average Bonchev–Trinajstić information content (AvgIpc) is 3.04. The van der Waals surface area contributed by atoms with Gasteiger partial charge in [-0.15, -0.1) is 0 Å². The summed E-state index contributed by atoms with van der Waals surface area (Å²) in [7, 11) is 0. The molecule has 23 heavy (non-hydrogen) atoms. The summed E-state index contributed by atoms with van der Waals surface area (Å²) in [6.45, 7) is 1.62. The first-order valence-corrected chi connectivity index (χ1v) is 9.89. The third-order valence-corrected chi connectivity index (χ3v) is 5.96. The average molecular weight is 322 g/mol. The van der Waals surface area contributed by atoms with E-state index in [0.29, 0.717) is 30.3 Å². The van der Waals surface area contributed by atoms with Crippen molar-refractivity contribution in [3.63, 3.8) is 0 Å². The fraction of sp³-hybridized carbons (Fsp3) is 0.947. The first-order chi connectivity index (χ1) is 11.2. The molecule has 1 amide bonds. The van der Waals surface area contributed by atoms with Crippen LogP contribution in [0.2, 0.25) is 0 Å². The number of ether oxygens (including phenoxy) is 1. The van der Waals surface area contributed by atoms with Gasteiger partial charge in [-0.25, -0.2) is 0 Å². The first-order valence-electron chi connectivity index (χ1n) is 9.89. The number of rotatable bonds is 5. The third kappa shape index (κ3) is 5.18. The van der Waals surface area contributed by atoms with E-state index < -0.39 is 0 Å². The maximum Gasteiger partial charge on any atom is 0.217 e. The molecule has 0 aromatic rings. The van der Waals surface area contributed by atoms with Crippen LogP contribution in [0.3, 0.4) is 0 Å². The van der Waals surface area contributed by atoms with Gasteiger partial charge in [-0.05, 0) is 51.4 Å². The zero-order chi connectivity index (χ0) is 16.1. The van der Waals surface area contributed by atoms with Crippen LogP contribution < -0.4 is 10.6 Å². The van der Waals surface area contributed by atoms with Crippen LogP contribution in [0.15, 0.2) is 0 Å². The lowest BCUT2D eigenvalue weighted by Crippen LogP contribution is -2.51. The minimum absolute atomic E-state index is 0.110. The minimum Gasteiger partial charge on any atom is -0.373 e. The molecule has 3 rings (SSSR count). The molecule has 2 atom stereocenters. The van der Waals surface area contributed by atoms with Gasteiger partial charge >= 0.3 is 0 Å². The van der Waals surface area contributed by atoms with Gasteiger partial charge < -0.3 is 15.4 Å². The summed E-state index contributed by atoms with van der Waals surface area (Å²) in [6.07, 6.45) is 15.9. The van der Waals surface area contributed by atoms with E-state index in [1.54, 1.807) is 6.92 Å². The molecule has 0 spiro atoms. The summed E-state index contributed by atoms with van der Waals surface area (Å²) < 4.78 is 6.46. The van der Waals surface area contributed by atoms with Gasteiger partial charge in [-0.2, -0.15) is 0 Å². The second kappa shape index (κ2) is 8.48. The van der Waals surface area contributed by atoms with E-state index in [-0.39, 0.29) is 5.91 Å². The number of nitrogens with one attached hydrogen (secondary N) is 2. The maximum absolute atomic E-state index is 11.2. The molecule has 0 aromatic heterocycles. The lowest BCUT2D eigenvalue weighted by Gasteiger charge is -2.38. The molecule has 0 aromatic carbocycles. The number of hydrogen-bond donors (Lipinski definition) is 2. The molecule has 0 aliphatic heterocycles. The number of carbonyl (C=O) groups excluding carboxylic acids is 1. The molecule has 2 N–H and O–H groups in total. The molecule has 2 unspecified atom stereocenters. The second-order valence-corrected chi connectivity index (χ2v) is 7.89. The van der Waals surface area contributed by atoms with Gasteiger partial charge in [0.25, 0.3) is 0 Å². The van der Waals surface area contributed by atoms with Crippen molar-refractivity contribution in [3.8, 4) is 0 Å². The zero-order valence-electron chi connectivity index (χ0n) is 14.7. The van der Waals surface area contributed by atoms with Crippen molar-refractivity contribution in [2.24, 2.45) is 0 Å². The quantitative estimate of drug-likeness (QED) is 0.816. The highest BCUT2D eigenvalue weighted by molar-refractivity contribution is 5.73. The summed E-state index contributed by atoms with van der Waals surface area (Å²) in [5, 5.41) is 6.99. The van der Waals surface area contributed by atoms with Gasteiger partial charge in [0.1, 0.15) is 0 Å². The second-order valence-electron chi connectivity index (χ2n) is 7.89. The molecule has 0 radical (unpaired) electrons. The van der Waals surface area contributed by atoms with Crippen LogP contribution in [0.25, 0.3) is 0 Å². The van der Waals surface area contributed by atoms with Crippen LogP contribution in [-0.2, 0) is 9.53 Å². The fourth-order valence-corrected chi connectivity index (χ4v) is 4.72. The van der Waals surface area contributed by atoms with Crippen molar-refractivity contribution >= 4 is 5.91 Å². The Hall–Kier alpha value is -0.610. The van der Waals surface area contributed by atoms with Crippen LogP contribution in [0.1, 0.15) is 84.0 Å². The molecule has 132 valence electrons. The monoisotopic (exact) mass is 322 g/mol. The molecule has 4 nitrogen and oxygen atoms in total. The zero-order valence-corrected chi connectivity index (χ0v) is 14.7. The molecule has 3 aliphatic rings. The topological polar surface area (TPSA) is 50.4 Å². The van der Waals surface area contributed by atoms with Crippen LogP contribution in [0.5, 0.6) is 0 Å². The first kappa shape index (κ1) is 17.2. The minimum atomic E-state index is 0.110. The number of carbonyl (C=O) groups is 1. The number of hydrogen-bond acceptors (Lipinski definition) is 3. The summed E-state index contributed by atoms with van der Waals surface area (Å²) in [5.74, 6) is 0.110. The van der Waals surface area contributed by atoms with Crippen molar-refractivity contribution in [1.82, 2.24) is 10.6 Å². The van der Waals surface area contributed by atoms with Gasteiger partial charge in [0.2, 0.25) is 5.91 Å². The predicted octanol–water partition coefficient (Wildman–Crippen LogP) is 3.29. The van der Waals surface area contributed by atoms with E-state index in [2.05, 4.69) is 10.6 Å². The smallest absolute Gasteiger partial charge is 0.217 e. The summed E-state index contributed by atoms with van der Waals surface area (Å²) in [5.41, 5.74) is 0. The molecule has 4 heteroatoms. The summed E-state index contributed by atoms with van der Waals surface area (Å²) in [4.78, 5) is 11.2. The molecule has 3 saturated carbocycles. The van der Waals surface area contributed by atoms with Crippen molar-refractivity contribution in [2.75, 3.05) is 0 Å². The highest BCUT2D eigenvalue weighted by Gasteiger charge is 2.32. The number of amides is 1. The molecular weight excluding hydrogens is 288 g/mol. The van der Waals surface area contributed by atoms with Crippen molar-refractivity contribution < 1.29 is 9.53 Å². The SMILES string of the molecule is CC(=O)NC1CCC(NC2CCCCC2OC2CCCC2)CC1. The molecule has 3 aliphatic carbocycles. The van der Waals surface area contributed by atoms with Crippen LogP contribution in [-0.4, -0.2) is 36.2 Å². The lowest BCUT2D eigenvalue weighted by atomic mass is 9.87. The Bertz CT molecular complexity index is 374. The van der Waals surface area contributed by atoms with Crippen LogP contribution in [0.4, 0.5) is 0 Å². The lowest BCUT2D eigenvalue weighted by molar-refractivity contribution is -0.119. The largest absolute Gasteiger partial charge is 0.373 e. The van der Waals surface area contributed by atoms with Gasteiger partial charge in [0.15, 0.2) is 0 Å². The van der Waals surface area contributed by atoms with Gasteiger partial charge in [0.05, 0.1) is 12.2 Å². The van der Waals surface area contributed by atoms with Crippen molar-refractivity contribution in [3.05, 3.63) is 0 Å². The maximum atomic E-state index is 11.2. The Balaban J connectivity index is 1.44. The Morgan fingerprint density at radius 3 is 2.13 bits per heavy atom. The van der Waals surface area contributed by atoms with Crippen LogP contribution in [0, 0.1) is 0 Å². The predicted molar refractivity (Wildman–Crippen MR) is 92.4 cm³/mol. The van der Waals surface area contributed by atoms with Gasteiger partial charge in [-0.1, -0.05) is 25.7 Å². The molecule has 0 heterocycles. The Kier molecular flexibility index (Phi) is 6.35. The van der Waals surface area contributed by atoms with E-state index in [9.17, 15) is 4.79 Å². The Morgan fingerprint density at radius 1 is 0.826 bits per heavy atom. The molecule has 0 saturated heterocycles. The summed E-state index contributed by atoms with van der Waals surface area (Å²) in [6, 6.07) is 1.55. The van der Waals surface area contributed by atoms with E-state index in [1.165, 1.54) is 64.2 Å². The van der Waals surface area contributed by atoms with E-state index in [0.717, 1.165) is 12.8 Å². The van der Waals surface area contributed by atoms with Crippen molar-refractivity contribution in [2.45, 2.75) is 114 Å². The Labute approximate surface area is 141 Å². The third-order valence-electron chi connectivity index (χ3n) is 5.96. The molecule has 3 fully saturated rings. The standard InChI is InChI=1S/C19H34N2O2/c1-14(22)20-15-10-12-16(13-11-15)21-18-8-4-5-9-19(18)23-17-6-2-3-7-17/h15-19,21H,2-13H2,1H3,(H,20,22). The van der Waals surface area contributed by atoms with Gasteiger partial charge in [0, 0.05) is 25.0 Å². The van der Waals surface area contributed by atoms with Gasteiger partial charge in [-0.3, -0.25) is 4.79 Å². The Morgan fingerprint density at radius 2 is 1.43 bits per heavy atom. The van der Waals surface area contributed by atoms with E-state index in [1.807, 2.05) is 0 Å². The summed E-state index contributed by atoms with van der Waals surface area (Å²) >= 11 is 0. The fourth-order valence-electron chi connectivity index (χ4n) is 4.72. The van der Waals surface area contributed by atoms with E-state index >= 15 is 0 Å². The highest BCUT2D eigenvalue weighted by Crippen LogP contribution is 2.29. The normalized spacial score (nSPS) is 36.0. The molecule has 0 bridgehead atoms.